The van der Waals surface area contributed by atoms with Crippen LogP contribution in [0.25, 0.3) is 11.0 Å². The molecule has 0 radical (unpaired) electrons. The molecule has 0 atom stereocenters. The Balaban J connectivity index is 1.73. The van der Waals surface area contributed by atoms with Gasteiger partial charge in [0.25, 0.3) is 10.0 Å². The van der Waals surface area contributed by atoms with Crippen LogP contribution in [0.5, 0.6) is 0 Å². The molecule has 7 nitrogen and oxygen atoms in total. The molecule has 4 aromatic rings. The van der Waals surface area contributed by atoms with Crippen molar-refractivity contribution in [2.75, 3.05) is 4.72 Å². The molecule has 2 N–H and O–H groups in total. The Morgan fingerprint density at radius 2 is 1.77 bits per heavy atom. The van der Waals surface area contributed by atoms with E-state index in [1.807, 2.05) is 0 Å². The number of sulfone groups is 1. The minimum Gasteiger partial charge on any atom is -0.443 e. The number of hydrogen-bond donors (Lipinski definition) is 1. The van der Waals surface area contributed by atoms with Gasteiger partial charge in [0.2, 0.25) is 5.09 Å². The van der Waals surface area contributed by atoms with Crippen LogP contribution in [0.1, 0.15) is 5.56 Å². The van der Waals surface area contributed by atoms with Gasteiger partial charge < -0.3 is 4.42 Å². The highest BCUT2D eigenvalue weighted by Gasteiger charge is 2.26. The number of hydrogen-bond acceptors (Lipinski definition) is 5. The topological polar surface area (TPSA) is 108 Å². The number of rotatable bonds is 6. The predicted molar refractivity (Wildman–Crippen MR) is 112 cm³/mol. The van der Waals surface area contributed by atoms with Gasteiger partial charge in [-0.1, -0.05) is 29.8 Å². The fraction of sp³-hybridized carbons (Fsp3) is 0.0500. The molecule has 30 heavy (non-hydrogen) atoms. The summed E-state index contributed by atoms with van der Waals surface area (Å²) in [5.74, 6) is -0.314. The zero-order chi connectivity index (χ0) is 21.4. The Labute approximate surface area is 178 Å². The van der Waals surface area contributed by atoms with Crippen molar-refractivity contribution in [3.8, 4) is 0 Å². The zero-order valence-electron chi connectivity index (χ0n) is 15.4. The first-order valence-corrected chi connectivity index (χ1v) is 12.2. The van der Waals surface area contributed by atoms with Gasteiger partial charge in [0, 0.05) is 28.1 Å². The molecule has 0 aliphatic heterocycles. The smallest absolute Gasteiger partial charge is 0.295 e. The maximum absolute atomic E-state index is 13.0. The molecule has 0 amide bonds. The molecule has 0 aliphatic carbocycles. The van der Waals surface area contributed by atoms with Crippen LogP contribution in [0.2, 0.25) is 5.02 Å². The lowest BCUT2D eigenvalue weighted by molar-refractivity contribution is -0.378. The summed E-state index contributed by atoms with van der Waals surface area (Å²) in [6, 6.07) is 15.5. The number of pyridine rings is 1. The summed E-state index contributed by atoms with van der Waals surface area (Å²) in [5.41, 5.74) is 0.776. The van der Waals surface area contributed by atoms with Gasteiger partial charge in [-0.3, -0.25) is 4.72 Å². The molecule has 2 aromatic heterocycles. The molecule has 2 aromatic carbocycles. The van der Waals surface area contributed by atoms with Crippen LogP contribution in [0.4, 0.5) is 5.69 Å². The van der Waals surface area contributed by atoms with Gasteiger partial charge in [0.15, 0.2) is 22.2 Å². The first-order valence-electron chi connectivity index (χ1n) is 8.73. The monoisotopic (exact) mass is 463 g/mol. The van der Waals surface area contributed by atoms with Crippen molar-refractivity contribution in [3.05, 3.63) is 83.6 Å². The molecule has 154 valence electrons. The molecular weight excluding hydrogens is 448 g/mol. The lowest BCUT2D eigenvalue weighted by atomic mass is 10.3. The van der Waals surface area contributed by atoms with E-state index in [-0.39, 0.29) is 26.5 Å². The van der Waals surface area contributed by atoms with E-state index in [0.29, 0.717) is 16.5 Å². The lowest BCUT2D eigenvalue weighted by Gasteiger charge is -2.12. The number of para-hydroxylation sites is 1. The molecule has 0 saturated heterocycles. The number of halogens is 1. The number of benzene rings is 2. The molecule has 0 fully saturated rings. The number of furan rings is 1. The van der Waals surface area contributed by atoms with Crippen molar-refractivity contribution in [3.63, 3.8) is 0 Å². The van der Waals surface area contributed by atoms with Crippen molar-refractivity contribution < 1.29 is 26.2 Å². The van der Waals surface area contributed by atoms with E-state index in [1.54, 1.807) is 48.8 Å². The standard InChI is InChI=1S/C20H15ClN2O5S2/c21-16-7-8-19(29(24,25)13-14-4-3-9-22-12-14)17(11-16)23-30(26,27)20-10-15-5-1-2-6-18(15)28-20/h1-12,23H,13H2/p+1. The highest BCUT2D eigenvalue weighted by molar-refractivity contribution is 7.93. The summed E-state index contributed by atoms with van der Waals surface area (Å²) in [7, 11) is -8.07. The molecule has 0 spiro atoms. The van der Waals surface area contributed by atoms with Crippen LogP contribution in [-0.4, -0.2) is 16.8 Å². The summed E-state index contributed by atoms with van der Waals surface area (Å²) in [6.45, 7) is 0. The quantitative estimate of drug-likeness (QED) is 0.469. The second kappa shape index (κ2) is 7.75. The molecule has 10 heteroatoms. The van der Waals surface area contributed by atoms with Crippen LogP contribution in [-0.2, 0) is 25.6 Å². The molecule has 0 aliphatic rings. The highest BCUT2D eigenvalue weighted by Crippen LogP contribution is 2.31. The second-order valence-electron chi connectivity index (χ2n) is 6.52. The Hall–Kier alpha value is -2.88. The van der Waals surface area contributed by atoms with E-state index in [0.717, 1.165) is 0 Å². The Morgan fingerprint density at radius 3 is 2.50 bits per heavy atom. The van der Waals surface area contributed by atoms with Gasteiger partial charge >= 0.3 is 0 Å². The fourth-order valence-corrected chi connectivity index (χ4v) is 5.73. The summed E-state index contributed by atoms with van der Waals surface area (Å²) < 4.78 is 59.4. The van der Waals surface area contributed by atoms with Crippen LogP contribution >= 0.6 is 11.6 Å². The van der Waals surface area contributed by atoms with E-state index in [4.69, 9.17) is 16.0 Å². The Kier molecular flexibility index (Phi) is 5.27. The normalized spacial score (nSPS) is 12.2. The van der Waals surface area contributed by atoms with Crippen molar-refractivity contribution in [1.29, 1.82) is 0 Å². The molecule has 0 saturated carbocycles. The number of fused-ring (bicyclic) bond motifs is 1. The van der Waals surface area contributed by atoms with Gasteiger partial charge in [-0.25, -0.2) is 13.4 Å². The average molecular weight is 464 g/mol. The van der Waals surface area contributed by atoms with Crippen molar-refractivity contribution in [2.45, 2.75) is 15.7 Å². The fourth-order valence-electron chi connectivity index (χ4n) is 2.96. The van der Waals surface area contributed by atoms with Crippen LogP contribution in [0.3, 0.4) is 0 Å². The lowest BCUT2D eigenvalue weighted by Crippen LogP contribution is -2.16. The maximum atomic E-state index is 13.0. The highest BCUT2D eigenvalue weighted by atomic mass is 35.5. The minimum atomic E-state index is -4.19. The number of H-pyrrole nitrogens is 1. The van der Waals surface area contributed by atoms with E-state index < -0.39 is 19.9 Å². The third kappa shape index (κ3) is 4.18. The molecule has 0 bridgehead atoms. The molecule has 4 rings (SSSR count). The van der Waals surface area contributed by atoms with E-state index in [1.165, 1.54) is 24.3 Å². The summed E-state index contributed by atoms with van der Waals surface area (Å²) >= 11 is 6.01. The summed E-state index contributed by atoms with van der Waals surface area (Å²) in [4.78, 5) is 2.64. The molecule has 2 heterocycles. The first kappa shape index (κ1) is 20.4. The number of anilines is 1. The van der Waals surface area contributed by atoms with Gasteiger partial charge in [-0.15, -0.1) is 0 Å². The third-order valence-corrected chi connectivity index (χ3v) is 7.51. The van der Waals surface area contributed by atoms with Gasteiger partial charge in [-0.05, 0) is 30.3 Å². The Morgan fingerprint density at radius 1 is 0.967 bits per heavy atom. The van der Waals surface area contributed by atoms with Crippen molar-refractivity contribution in [2.24, 2.45) is 0 Å². The maximum Gasteiger partial charge on any atom is 0.295 e. The average Bonchev–Trinajstić information content (AvgIpc) is 3.13. The predicted octanol–water partition coefficient (Wildman–Crippen LogP) is 3.68. The SMILES string of the molecule is O=S(=O)(Cc1ccc[nH+]c1)c1ccc(Cl)cc1NS(=O)(=O)c1cc2ccccc2o1. The largest absolute Gasteiger partial charge is 0.443 e. The number of aromatic amines is 1. The van der Waals surface area contributed by atoms with Crippen LogP contribution in [0, 0.1) is 0 Å². The van der Waals surface area contributed by atoms with E-state index in [2.05, 4.69) is 9.71 Å². The zero-order valence-corrected chi connectivity index (χ0v) is 17.8. The van der Waals surface area contributed by atoms with Crippen molar-refractivity contribution >= 4 is 48.1 Å². The van der Waals surface area contributed by atoms with E-state index >= 15 is 0 Å². The first-order chi connectivity index (χ1) is 14.2. The molecule has 0 unspecified atom stereocenters. The summed E-state index contributed by atoms with van der Waals surface area (Å²) in [6.07, 6.45) is 3.22. The number of aromatic nitrogens is 1. The Bertz CT molecular complexity index is 1400. The van der Waals surface area contributed by atoms with Gasteiger partial charge in [-0.2, -0.15) is 8.42 Å². The molecular formula is C20H16ClN2O5S2+. The minimum absolute atomic E-state index is 0.150. The van der Waals surface area contributed by atoms with Crippen LogP contribution < -0.4 is 9.71 Å². The second-order valence-corrected chi connectivity index (χ2v) is 10.5. The number of sulfonamides is 1. The van der Waals surface area contributed by atoms with E-state index in [9.17, 15) is 16.8 Å². The van der Waals surface area contributed by atoms with Crippen LogP contribution in [0.15, 0.2) is 87.5 Å². The summed E-state index contributed by atoms with van der Waals surface area (Å²) in [5, 5.41) is 0.464. The third-order valence-electron chi connectivity index (χ3n) is 4.32. The van der Waals surface area contributed by atoms with Crippen molar-refractivity contribution in [1.82, 2.24) is 0 Å². The van der Waals surface area contributed by atoms with Gasteiger partial charge in [0.05, 0.1) is 16.3 Å². The number of nitrogens with one attached hydrogen (secondary N) is 2. The van der Waals surface area contributed by atoms with Gasteiger partial charge in [0.1, 0.15) is 5.58 Å².